The van der Waals surface area contributed by atoms with Crippen LogP contribution in [0.2, 0.25) is 0 Å². The van der Waals surface area contributed by atoms with Crippen molar-refractivity contribution in [1.82, 2.24) is 14.9 Å². The van der Waals surface area contributed by atoms with Gasteiger partial charge < -0.3 is 15.0 Å². The molecule has 0 aliphatic carbocycles. The molecular weight excluding hydrogens is 226 g/mol. The van der Waals surface area contributed by atoms with Gasteiger partial charge >= 0.3 is 5.97 Å². The van der Waals surface area contributed by atoms with E-state index in [-0.39, 0.29) is 18.7 Å². The number of carbonyl (C=O) groups is 2. The van der Waals surface area contributed by atoms with Gasteiger partial charge in [-0.1, -0.05) is 0 Å². The summed E-state index contributed by atoms with van der Waals surface area (Å²) in [6.45, 7) is 2.24. The molecule has 0 bridgehead atoms. The van der Waals surface area contributed by atoms with Gasteiger partial charge in [-0.05, 0) is 6.92 Å². The number of H-pyrrole nitrogens is 1. The summed E-state index contributed by atoms with van der Waals surface area (Å²) in [5, 5.41) is 8.55. The van der Waals surface area contributed by atoms with Crippen LogP contribution in [-0.2, 0) is 4.79 Å². The van der Waals surface area contributed by atoms with Crippen LogP contribution in [0.5, 0.6) is 0 Å². The van der Waals surface area contributed by atoms with Crippen LogP contribution in [0.3, 0.4) is 0 Å². The fraction of sp³-hybridized carbons (Fsp3) is 0.400. The second kappa shape index (κ2) is 5.78. The summed E-state index contributed by atoms with van der Waals surface area (Å²) < 4.78 is 0. The number of aromatic amines is 1. The number of aromatic nitrogens is 2. The van der Waals surface area contributed by atoms with Gasteiger partial charge in [-0.3, -0.25) is 14.4 Å². The highest BCUT2D eigenvalue weighted by molar-refractivity contribution is 5.92. The van der Waals surface area contributed by atoms with Crippen LogP contribution < -0.4 is 5.56 Å². The van der Waals surface area contributed by atoms with Crippen molar-refractivity contribution in [3.8, 4) is 0 Å². The predicted molar refractivity (Wildman–Crippen MR) is 58.7 cm³/mol. The average molecular weight is 239 g/mol. The fourth-order valence-corrected chi connectivity index (χ4v) is 1.26. The van der Waals surface area contributed by atoms with Gasteiger partial charge in [0, 0.05) is 19.3 Å². The number of carbonyl (C=O) groups excluding carboxylic acids is 1. The standard InChI is InChI=1S/C10H13N3O4/c1-2-13(4-3-9(15)16)10(17)7-5-12-8(14)6-11-7/h5-6H,2-4H2,1H3,(H,12,14)(H,15,16). The minimum atomic E-state index is -0.967. The minimum Gasteiger partial charge on any atom is -0.481 e. The van der Waals surface area contributed by atoms with Crippen molar-refractivity contribution in [2.45, 2.75) is 13.3 Å². The molecule has 1 amide bonds. The van der Waals surface area contributed by atoms with Gasteiger partial charge in [0.2, 0.25) is 0 Å². The van der Waals surface area contributed by atoms with Gasteiger partial charge in [-0.25, -0.2) is 4.98 Å². The molecule has 0 spiro atoms. The number of nitrogens with zero attached hydrogens (tertiary/aromatic N) is 2. The number of carboxylic acid groups (broad SMARTS) is 1. The van der Waals surface area contributed by atoms with E-state index in [9.17, 15) is 14.4 Å². The maximum atomic E-state index is 11.8. The Morgan fingerprint density at radius 1 is 1.53 bits per heavy atom. The van der Waals surface area contributed by atoms with Crippen LogP contribution in [0.4, 0.5) is 0 Å². The Balaban J connectivity index is 2.75. The average Bonchev–Trinajstić information content (AvgIpc) is 2.30. The molecular formula is C10H13N3O4. The summed E-state index contributed by atoms with van der Waals surface area (Å²) >= 11 is 0. The molecule has 0 radical (unpaired) electrons. The van der Waals surface area contributed by atoms with E-state index in [0.29, 0.717) is 6.54 Å². The zero-order valence-corrected chi connectivity index (χ0v) is 9.34. The maximum Gasteiger partial charge on any atom is 0.305 e. The van der Waals surface area contributed by atoms with Crippen molar-refractivity contribution < 1.29 is 14.7 Å². The number of carboxylic acids is 1. The zero-order chi connectivity index (χ0) is 12.8. The van der Waals surface area contributed by atoms with Gasteiger partial charge in [0.15, 0.2) is 0 Å². The van der Waals surface area contributed by atoms with E-state index in [0.717, 1.165) is 6.20 Å². The van der Waals surface area contributed by atoms with Gasteiger partial charge in [-0.2, -0.15) is 0 Å². The van der Waals surface area contributed by atoms with Crippen molar-refractivity contribution in [3.63, 3.8) is 0 Å². The Morgan fingerprint density at radius 3 is 2.71 bits per heavy atom. The van der Waals surface area contributed by atoms with Gasteiger partial charge in [0.05, 0.1) is 12.6 Å². The number of aliphatic carboxylic acids is 1. The lowest BCUT2D eigenvalue weighted by molar-refractivity contribution is -0.137. The van der Waals surface area contributed by atoms with Crippen LogP contribution in [0.15, 0.2) is 17.2 Å². The van der Waals surface area contributed by atoms with Crippen LogP contribution in [0, 0.1) is 0 Å². The lowest BCUT2D eigenvalue weighted by atomic mass is 10.3. The lowest BCUT2D eigenvalue weighted by Gasteiger charge is -2.19. The molecule has 7 heteroatoms. The van der Waals surface area contributed by atoms with Crippen LogP contribution in [0.1, 0.15) is 23.8 Å². The first-order valence-electron chi connectivity index (χ1n) is 5.10. The van der Waals surface area contributed by atoms with Crippen molar-refractivity contribution in [2.24, 2.45) is 0 Å². The van der Waals surface area contributed by atoms with Crippen LogP contribution >= 0.6 is 0 Å². The van der Waals surface area contributed by atoms with Crippen molar-refractivity contribution in [1.29, 1.82) is 0 Å². The van der Waals surface area contributed by atoms with Gasteiger partial charge in [0.25, 0.3) is 11.5 Å². The lowest BCUT2D eigenvalue weighted by Crippen LogP contribution is -2.33. The Bertz CT molecular complexity index is 448. The summed E-state index contributed by atoms with van der Waals surface area (Å²) in [7, 11) is 0. The number of amides is 1. The molecule has 0 aliphatic rings. The molecule has 0 saturated carbocycles. The molecule has 7 nitrogen and oxygen atoms in total. The quantitative estimate of drug-likeness (QED) is 0.734. The molecule has 1 heterocycles. The highest BCUT2D eigenvalue weighted by Gasteiger charge is 2.16. The molecule has 2 N–H and O–H groups in total. The molecule has 0 aliphatic heterocycles. The number of nitrogens with one attached hydrogen (secondary N) is 1. The molecule has 1 rings (SSSR count). The van der Waals surface area contributed by atoms with Crippen molar-refractivity contribution in [3.05, 3.63) is 28.4 Å². The molecule has 0 unspecified atom stereocenters. The molecule has 0 saturated heterocycles. The molecule has 0 atom stereocenters. The van der Waals surface area contributed by atoms with E-state index >= 15 is 0 Å². The van der Waals surface area contributed by atoms with Crippen molar-refractivity contribution >= 4 is 11.9 Å². The Hall–Kier alpha value is -2.18. The fourth-order valence-electron chi connectivity index (χ4n) is 1.26. The first kappa shape index (κ1) is 12.9. The summed E-state index contributed by atoms with van der Waals surface area (Å²) in [4.78, 5) is 40.4. The van der Waals surface area contributed by atoms with Crippen molar-refractivity contribution in [2.75, 3.05) is 13.1 Å². The topological polar surface area (TPSA) is 103 Å². The Morgan fingerprint density at radius 2 is 2.24 bits per heavy atom. The largest absolute Gasteiger partial charge is 0.481 e. The first-order chi connectivity index (χ1) is 8.04. The normalized spacial score (nSPS) is 9.94. The summed E-state index contributed by atoms with van der Waals surface area (Å²) in [6, 6.07) is 0. The van der Waals surface area contributed by atoms with E-state index in [1.807, 2.05) is 0 Å². The molecule has 1 aromatic heterocycles. The molecule has 92 valence electrons. The molecule has 17 heavy (non-hydrogen) atoms. The smallest absolute Gasteiger partial charge is 0.305 e. The van der Waals surface area contributed by atoms with E-state index < -0.39 is 17.4 Å². The zero-order valence-electron chi connectivity index (χ0n) is 9.34. The molecule has 0 fully saturated rings. The first-order valence-corrected chi connectivity index (χ1v) is 5.10. The predicted octanol–water partition coefficient (Wildman–Crippen LogP) is -0.293. The third-order valence-corrected chi connectivity index (χ3v) is 2.16. The highest BCUT2D eigenvalue weighted by Crippen LogP contribution is 2.00. The summed E-state index contributed by atoms with van der Waals surface area (Å²) in [6.07, 6.45) is 2.11. The second-order valence-corrected chi connectivity index (χ2v) is 3.32. The summed E-state index contributed by atoms with van der Waals surface area (Å²) in [5.41, 5.74) is -0.299. The van der Waals surface area contributed by atoms with E-state index in [2.05, 4.69) is 9.97 Å². The second-order valence-electron chi connectivity index (χ2n) is 3.32. The third kappa shape index (κ3) is 3.71. The SMILES string of the molecule is CCN(CCC(=O)O)C(=O)c1c[nH]c(=O)cn1. The number of hydrogen-bond acceptors (Lipinski definition) is 4. The van der Waals surface area contributed by atoms with E-state index in [4.69, 9.17) is 5.11 Å². The third-order valence-electron chi connectivity index (χ3n) is 2.16. The van der Waals surface area contributed by atoms with Crippen LogP contribution in [0.25, 0.3) is 0 Å². The van der Waals surface area contributed by atoms with Gasteiger partial charge in [-0.15, -0.1) is 0 Å². The molecule has 1 aromatic rings. The monoisotopic (exact) mass is 239 g/mol. The van der Waals surface area contributed by atoms with E-state index in [1.54, 1.807) is 6.92 Å². The maximum absolute atomic E-state index is 11.8. The van der Waals surface area contributed by atoms with Gasteiger partial charge in [0.1, 0.15) is 5.69 Å². The number of hydrogen-bond donors (Lipinski definition) is 2. The minimum absolute atomic E-state index is 0.0943. The Kier molecular flexibility index (Phi) is 4.38. The number of rotatable bonds is 5. The van der Waals surface area contributed by atoms with Crippen LogP contribution in [-0.4, -0.2) is 44.9 Å². The Labute approximate surface area is 97.1 Å². The van der Waals surface area contributed by atoms with E-state index in [1.165, 1.54) is 11.1 Å². The summed E-state index contributed by atoms with van der Waals surface area (Å²) in [5.74, 6) is -1.37. The molecule has 0 aromatic carbocycles. The highest BCUT2D eigenvalue weighted by atomic mass is 16.4.